The van der Waals surface area contributed by atoms with Gasteiger partial charge in [0.2, 0.25) is 0 Å². The van der Waals surface area contributed by atoms with Crippen molar-refractivity contribution in [2.45, 2.75) is 180 Å². The molecule has 0 aliphatic rings. The van der Waals surface area contributed by atoms with Crippen LogP contribution in [0.4, 0.5) is 0 Å². The van der Waals surface area contributed by atoms with Gasteiger partial charge in [-0.15, -0.1) is 0 Å². The van der Waals surface area contributed by atoms with Crippen molar-refractivity contribution in [1.82, 2.24) is 49.8 Å². The number of hydrogen-bond donors (Lipinski definition) is 0. The first-order valence-corrected chi connectivity index (χ1v) is 29.7. The summed E-state index contributed by atoms with van der Waals surface area (Å²) in [6, 6.07) is 45.6. The minimum absolute atomic E-state index is 0.949. The molecule has 0 bridgehead atoms. The Balaban J connectivity index is -0.0000000842. The lowest BCUT2D eigenvalue weighted by molar-refractivity contribution is 1.17. The predicted molar refractivity (Wildman–Crippen MR) is 363 cm³/mol. The quantitative estimate of drug-likeness (QED) is 0.145. The summed E-state index contributed by atoms with van der Waals surface area (Å²) in [5, 5.41) is 3.71. The van der Waals surface area contributed by atoms with Crippen molar-refractivity contribution in [2.75, 3.05) is 0 Å². The molecule has 0 atom stereocenters. The van der Waals surface area contributed by atoms with E-state index < -0.39 is 0 Å². The van der Waals surface area contributed by atoms with Crippen LogP contribution in [-0.4, -0.2) is 49.8 Å². The van der Waals surface area contributed by atoms with Crippen LogP contribution in [-0.2, 0) is 0 Å². The Labute approximate surface area is 493 Å². The second-order valence-corrected chi connectivity index (χ2v) is 10.3. The van der Waals surface area contributed by atoms with Gasteiger partial charge in [0.15, 0.2) is 0 Å². The Morgan fingerprint density at radius 3 is 0.662 bits per heavy atom. The van der Waals surface area contributed by atoms with Gasteiger partial charge in [-0.2, -0.15) is 0 Å². The molecule has 0 fully saturated rings. The molecule has 0 spiro atoms. The van der Waals surface area contributed by atoms with Gasteiger partial charge < -0.3 is 0 Å². The smallest absolute Gasteiger partial charge is 0.116 e. The minimum atomic E-state index is 0.949. The molecule has 10 rings (SSSR count). The fourth-order valence-corrected chi connectivity index (χ4v) is 4.10. The fourth-order valence-electron chi connectivity index (χ4n) is 4.10. The van der Waals surface area contributed by atoms with Crippen molar-refractivity contribution in [3.8, 4) is 0 Å². The van der Waals surface area contributed by atoms with E-state index in [1.807, 2.05) is 271 Å². The van der Waals surface area contributed by atoms with Gasteiger partial charge in [0.25, 0.3) is 0 Å². The molecule has 0 saturated carbocycles. The molecule has 0 aliphatic heterocycles. The molecule has 80 heavy (non-hydrogen) atoms. The van der Waals surface area contributed by atoms with Crippen molar-refractivity contribution < 1.29 is 0 Å². The van der Waals surface area contributed by atoms with E-state index in [1.165, 1.54) is 17.1 Å². The van der Waals surface area contributed by atoms with E-state index in [1.54, 1.807) is 86.8 Å². The Morgan fingerprint density at radius 1 is 0.175 bits per heavy atom. The van der Waals surface area contributed by atoms with Crippen molar-refractivity contribution in [1.29, 1.82) is 0 Å². The number of fused-ring (bicyclic) bond motifs is 3. The van der Waals surface area contributed by atoms with E-state index in [0.29, 0.717) is 0 Å². The summed E-state index contributed by atoms with van der Waals surface area (Å²) in [6.07, 6.45) is 25.2. The van der Waals surface area contributed by atoms with Gasteiger partial charge in [0, 0.05) is 85.9 Å². The van der Waals surface area contributed by atoms with Gasteiger partial charge in [-0.3, -0.25) is 29.9 Å². The molecule has 0 aliphatic carbocycles. The third kappa shape index (κ3) is 68.3. The third-order valence-corrected chi connectivity index (χ3v) is 6.54. The topological polar surface area (TPSA) is 129 Å². The maximum Gasteiger partial charge on any atom is 0.116 e. The maximum atomic E-state index is 4.12. The first kappa shape index (κ1) is 94.7. The summed E-state index contributed by atoms with van der Waals surface area (Å²) < 4.78 is 0. The normalized spacial score (nSPS) is 7.12. The molecule has 10 nitrogen and oxygen atoms in total. The number of aromatic nitrogens is 10. The van der Waals surface area contributed by atoms with Gasteiger partial charge in [-0.1, -0.05) is 271 Å². The van der Waals surface area contributed by atoms with Crippen LogP contribution in [0.25, 0.3) is 32.7 Å². The SMILES string of the molecule is CC.CC.CC.CC.CC.CC.CC.CC.CC.CC.CC.CC.CC.c1ccc2ccccc2c1.c1ccc2nccnc2c1.c1ccc2ncncc2c1.c1ccncc1.c1ccncc1.c1cnccn1.c1cncnc1. The fraction of sp³-hybridized carbons (Fsp3) is 0.371. The summed E-state index contributed by atoms with van der Waals surface area (Å²) in [5.41, 5.74) is 2.90. The largest absolute Gasteiger partial charge is 0.265 e. The number of rotatable bonds is 0. The average Bonchev–Trinajstić information content (AvgIpc) is 3.63. The summed E-state index contributed by atoms with van der Waals surface area (Å²) in [5.74, 6) is 0. The Bertz CT molecular complexity index is 1760. The van der Waals surface area contributed by atoms with Crippen LogP contribution < -0.4 is 0 Å². The predicted octanol–water partition coefficient (Wildman–Crippen LogP) is 22.6. The second-order valence-electron chi connectivity index (χ2n) is 10.3. The molecule has 0 unspecified atom stereocenters. The summed E-state index contributed by atoms with van der Waals surface area (Å²) in [4.78, 5) is 38.6. The van der Waals surface area contributed by atoms with E-state index in [-0.39, 0.29) is 0 Å². The Morgan fingerprint density at radius 2 is 0.438 bits per heavy atom. The molecule has 6 heterocycles. The number of benzene rings is 4. The first-order valence-electron chi connectivity index (χ1n) is 29.7. The molecule has 0 saturated heterocycles. The number of para-hydroxylation sites is 3. The van der Waals surface area contributed by atoms with Crippen LogP contribution in [0, 0.1) is 0 Å². The highest BCUT2D eigenvalue weighted by Crippen LogP contribution is 2.11. The van der Waals surface area contributed by atoms with Gasteiger partial charge in [-0.25, -0.2) is 19.9 Å². The zero-order valence-electron chi connectivity index (χ0n) is 55.4. The molecule has 446 valence electrons. The van der Waals surface area contributed by atoms with E-state index >= 15 is 0 Å². The molecule has 0 radical (unpaired) electrons. The molecule has 10 aromatic rings. The van der Waals surface area contributed by atoms with Gasteiger partial charge >= 0.3 is 0 Å². The Kier molecular flexibility index (Phi) is 123. The van der Waals surface area contributed by atoms with Crippen molar-refractivity contribution in [3.05, 3.63) is 233 Å². The minimum Gasteiger partial charge on any atom is -0.265 e. The zero-order chi connectivity index (χ0) is 63.4. The van der Waals surface area contributed by atoms with Crippen LogP contribution in [0.5, 0.6) is 0 Å². The standard InChI is InChI=1S/C10H8.2C8H6N2.2C5H5N.2C4H4N2.13C2H6/c1-2-6-10-8-4-3-7-9(10)5-1;1-2-4-8-7(3-1)5-9-6-10-8;1-2-4-8-7(3-1)9-5-6-10-8;2*1-2-4-6-5-3-1;1-2-6-4-3-5-1;1-2-5-4-6-3-1;13*1-2/h1-8H;2*1-6H;2*1-5H;2*1-4H;13*1-2H3. The van der Waals surface area contributed by atoms with E-state index in [0.717, 1.165) is 21.9 Å². The summed E-state index contributed by atoms with van der Waals surface area (Å²) in [6.45, 7) is 52.0. The second kappa shape index (κ2) is 104. The molecular formula is C70H116N10. The van der Waals surface area contributed by atoms with Crippen molar-refractivity contribution in [2.24, 2.45) is 0 Å². The first-order chi connectivity index (χ1) is 39.9. The Hall–Kier alpha value is -7.72. The monoisotopic (exact) mass is 1100 g/mol. The summed E-state index contributed by atoms with van der Waals surface area (Å²) in [7, 11) is 0. The highest BCUT2D eigenvalue weighted by molar-refractivity contribution is 5.82. The third-order valence-electron chi connectivity index (χ3n) is 6.54. The van der Waals surface area contributed by atoms with Gasteiger partial charge in [0.1, 0.15) is 12.7 Å². The number of hydrogen-bond acceptors (Lipinski definition) is 10. The van der Waals surface area contributed by atoms with Crippen molar-refractivity contribution in [3.63, 3.8) is 0 Å². The lowest BCUT2D eigenvalue weighted by Gasteiger charge is -1.92. The van der Waals surface area contributed by atoms with Crippen LogP contribution in [0.3, 0.4) is 0 Å². The average molecular weight is 1100 g/mol. The van der Waals surface area contributed by atoms with E-state index in [4.69, 9.17) is 0 Å². The molecule has 4 aromatic carbocycles. The number of nitrogens with zero attached hydrogens (tertiary/aromatic N) is 10. The van der Waals surface area contributed by atoms with E-state index in [9.17, 15) is 0 Å². The molecule has 6 aromatic heterocycles. The zero-order valence-corrected chi connectivity index (χ0v) is 55.4. The maximum absolute atomic E-state index is 4.12. The highest BCUT2D eigenvalue weighted by atomic mass is 14.8. The van der Waals surface area contributed by atoms with Crippen LogP contribution >= 0.6 is 0 Å². The lowest BCUT2D eigenvalue weighted by Crippen LogP contribution is -1.78. The molecule has 0 amide bonds. The molecule has 10 heteroatoms. The van der Waals surface area contributed by atoms with E-state index in [2.05, 4.69) is 98.4 Å². The van der Waals surface area contributed by atoms with Gasteiger partial charge in [-0.05, 0) is 59.3 Å². The summed E-state index contributed by atoms with van der Waals surface area (Å²) >= 11 is 0. The highest BCUT2D eigenvalue weighted by Gasteiger charge is 1.89. The lowest BCUT2D eigenvalue weighted by atomic mass is 10.1. The van der Waals surface area contributed by atoms with Crippen LogP contribution in [0.1, 0.15) is 180 Å². The van der Waals surface area contributed by atoms with Crippen LogP contribution in [0.15, 0.2) is 233 Å². The molecule has 0 N–H and O–H groups in total. The molecular weight excluding hydrogens is 981 g/mol. The van der Waals surface area contributed by atoms with Gasteiger partial charge in [0.05, 0.1) is 16.6 Å². The number of pyridine rings is 2. The van der Waals surface area contributed by atoms with Crippen molar-refractivity contribution >= 4 is 32.7 Å². The van der Waals surface area contributed by atoms with Crippen LogP contribution in [0.2, 0.25) is 0 Å².